The highest BCUT2D eigenvalue weighted by atomic mass is 32.2. The van der Waals surface area contributed by atoms with E-state index >= 15 is 0 Å². The average Bonchev–Trinajstić information content (AvgIpc) is 3.01. The van der Waals surface area contributed by atoms with Crippen molar-refractivity contribution in [2.24, 2.45) is 0 Å². The third-order valence-corrected chi connectivity index (χ3v) is 4.60. The maximum Gasteiger partial charge on any atom is 0.233 e. The van der Waals surface area contributed by atoms with E-state index in [-0.39, 0.29) is 5.91 Å². The summed E-state index contributed by atoms with van der Waals surface area (Å²) in [5, 5.41) is 12.4. The minimum absolute atomic E-state index is 0.0557. The zero-order valence-electron chi connectivity index (χ0n) is 14.6. The number of tetrazole rings is 1. The summed E-state index contributed by atoms with van der Waals surface area (Å²) in [7, 11) is 0. The van der Waals surface area contributed by atoms with E-state index in [1.165, 1.54) is 22.9 Å². The van der Waals surface area contributed by atoms with Crippen molar-refractivity contribution in [3.63, 3.8) is 0 Å². The van der Waals surface area contributed by atoms with Gasteiger partial charge in [0, 0.05) is 13.1 Å². The van der Waals surface area contributed by atoms with Gasteiger partial charge < -0.3 is 4.90 Å². The van der Waals surface area contributed by atoms with Crippen LogP contribution in [0.3, 0.4) is 0 Å². The summed E-state index contributed by atoms with van der Waals surface area (Å²) in [6.45, 7) is 13.1. The highest BCUT2D eigenvalue weighted by molar-refractivity contribution is 7.99. The molecule has 24 heavy (non-hydrogen) atoms. The minimum atomic E-state index is 0.0557. The molecule has 0 aliphatic rings. The van der Waals surface area contributed by atoms with Crippen LogP contribution in [0.1, 0.15) is 25.0 Å². The fourth-order valence-electron chi connectivity index (χ4n) is 2.21. The zero-order chi connectivity index (χ0) is 17.7. The van der Waals surface area contributed by atoms with Gasteiger partial charge in [0.25, 0.3) is 0 Å². The van der Waals surface area contributed by atoms with Crippen LogP contribution in [0.5, 0.6) is 0 Å². The van der Waals surface area contributed by atoms with Gasteiger partial charge in [-0.1, -0.05) is 30.0 Å². The number of likely N-dealkylation sites (N-methyl/N-ethyl adjacent to an activating group) is 1. The minimum Gasteiger partial charge on any atom is -0.338 e. The van der Waals surface area contributed by atoms with Crippen molar-refractivity contribution < 1.29 is 4.79 Å². The third kappa shape index (κ3) is 4.44. The van der Waals surface area contributed by atoms with E-state index in [4.69, 9.17) is 0 Å². The van der Waals surface area contributed by atoms with Gasteiger partial charge in [-0.25, -0.2) is 0 Å². The number of benzene rings is 1. The first-order valence-corrected chi connectivity index (χ1v) is 8.82. The molecule has 0 saturated heterocycles. The molecule has 128 valence electrons. The zero-order valence-corrected chi connectivity index (χ0v) is 15.4. The van der Waals surface area contributed by atoms with Gasteiger partial charge in [0.1, 0.15) is 0 Å². The molecular formula is C17H23N5OS. The Hall–Kier alpha value is -2.15. The van der Waals surface area contributed by atoms with Gasteiger partial charge in [-0.2, -0.15) is 4.68 Å². The number of thioether (sulfide) groups is 1. The molecule has 0 aliphatic heterocycles. The first-order chi connectivity index (χ1) is 11.4. The summed E-state index contributed by atoms with van der Waals surface area (Å²) in [5.41, 5.74) is 4.26. The molecule has 0 aliphatic carbocycles. The Bertz CT molecular complexity index is 740. The Kier molecular flexibility index (Phi) is 6.14. The maximum atomic E-state index is 12.3. The van der Waals surface area contributed by atoms with Crippen LogP contribution in [0.25, 0.3) is 5.69 Å². The molecule has 1 heterocycles. The van der Waals surface area contributed by atoms with E-state index < -0.39 is 0 Å². The first-order valence-electron chi connectivity index (χ1n) is 7.83. The molecule has 0 N–H and O–H groups in total. The second-order valence-electron chi connectivity index (χ2n) is 5.80. The van der Waals surface area contributed by atoms with Crippen LogP contribution in [-0.4, -0.2) is 49.9 Å². The molecule has 1 aromatic carbocycles. The number of aryl methyl sites for hydroxylation is 2. The van der Waals surface area contributed by atoms with Crippen LogP contribution in [0.15, 0.2) is 35.5 Å². The maximum absolute atomic E-state index is 12.3. The van der Waals surface area contributed by atoms with Crippen molar-refractivity contribution in [3.05, 3.63) is 41.5 Å². The van der Waals surface area contributed by atoms with Gasteiger partial charge >= 0.3 is 0 Å². The molecule has 0 fully saturated rings. The highest BCUT2D eigenvalue weighted by Crippen LogP contribution is 2.20. The van der Waals surface area contributed by atoms with E-state index in [1.807, 2.05) is 32.0 Å². The highest BCUT2D eigenvalue weighted by Gasteiger charge is 2.15. The van der Waals surface area contributed by atoms with Gasteiger partial charge in [-0.3, -0.25) is 4.79 Å². The number of carbonyl (C=O) groups excluding carboxylic acids is 1. The Balaban J connectivity index is 2.09. The molecule has 6 nitrogen and oxygen atoms in total. The number of carbonyl (C=O) groups is 1. The van der Waals surface area contributed by atoms with Crippen LogP contribution in [0.4, 0.5) is 0 Å². The second kappa shape index (κ2) is 8.10. The van der Waals surface area contributed by atoms with E-state index in [2.05, 4.69) is 36.0 Å². The van der Waals surface area contributed by atoms with Gasteiger partial charge in [-0.05, 0) is 61.4 Å². The number of hydrogen-bond donors (Lipinski definition) is 0. The Morgan fingerprint density at radius 2 is 2.08 bits per heavy atom. The van der Waals surface area contributed by atoms with Crippen molar-refractivity contribution in [2.45, 2.75) is 32.9 Å². The number of nitrogens with zero attached hydrogens (tertiary/aromatic N) is 5. The standard InChI is InChI=1S/C17H23N5OS/c1-6-21(10-12(2)3)16(23)11-24-17-18-19-20-22(17)15-8-7-13(4)14(5)9-15/h7-9H,2,6,10-11H2,1,3-5H3. The fourth-order valence-corrected chi connectivity index (χ4v) is 3.00. The molecule has 2 rings (SSSR count). The average molecular weight is 345 g/mol. The van der Waals surface area contributed by atoms with E-state index in [0.717, 1.165) is 11.3 Å². The fraction of sp³-hybridized carbons (Fsp3) is 0.412. The van der Waals surface area contributed by atoms with Gasteiger partial charge in [0.15, 0.2) is 0 Å². The number of aromatic nitrogens is 4. The predicted octanol–water partition coefficient (Wildman–Crippen LogP) is 2.80. The molecular weight excluding hydrogens is 322 g/mol. The normalized spacial score (nSPS) is 10.7. The second-order valence-corrected chi connectivity index (χ2v) is 6.74. The summed E-state index contributed by atoms with van der Waals surface area (Å²) in [6.07, 6.45) is 0. The Morgan fingerprint density at radius 1 is 1.33 bits per heavy atom. The SMILES string of the molecule is C=C(C)CN(CC)C(=O)CSc1nnnn1-c1ccc(C)c(C)c1. The van der Waals surface area contributed by atoms with Gasteiger partial charge in [0.05, 0.1) is 11.4 Å². The number of rotatable bonds is 7. The van der Waals surface area contributed by atoms with Crippen molar-refractivity contribution >= 4 is 17.7 Å². The predicted molar refractivity (Wildman–Crippen MR) is 96.4 cm³/mol. The summed E-state index contributed by atoms with van der Waals surface area (Å²) in [4.78, 5) is 14.1. The number of hydrogen-bond acceptors (Lipinski definition) is 5. The summed E-state index contributed by atoms with van der Waals surface area (Å²) in [5.74, 6) is 0.354. The van der Waals surface area contributed by atoms with Crippen LogP contribution in [0, 0.1) is 13.8 Å². The molecule has 0 bridgehead atoms. The molecule has 0 atom stereocenters. The summed E-state index contributed by atoms with van der Waals surface area (Å²) < 4.78 is 1.67. The first kappa shape index (κ1) is 18.2. The molecule has 0 spiro atoms. The smallest absolute Gasteiger partial charge is 0.233 e. The molecule has 0 saturated carbocycles. The summed E-state index contributed by atoms with van der Waals surface area (Å²) in [6, 6.07) is 6.05. The molecule has 1 aromatic heterocycles. The van der Waals surface area contributed by atoms with Crippen molar-refractivity contribution in [1.29, 1.82) is 0 Å². The largest absolute Gasteiger partial charge is 0.338 e. The Morgan fingerprint density at radius 3 is 2.71 bits per heavy atom. The lowest BCUT2D eigenvalue weighted by molar-refractivity contribution is -0.127. The van der Waals surface area contributed by atoms with E-state index in [0.29, 0.717) is 24.0 Å². The van der Waals surface area contributed by atoms with Crippen molar-refractivity contribution in [1.82, 2.24) is 25.1 Å². The molecule has 7 heteroatoms. The third-order valence-electron chi connectivity index (χ3n) is 3.70. The van der Waals surface area contributed by atoms with Crippen molar-refractivity contribution in [2.75, 3.05) is 18.8 Å². The van der Waals surface area contributed by atoms with Crippen LogP contribution in [0.2, 0.25) is 0 Å². The van der Waals surface area contributed by atoms with Crippen molar-refractivity contribution in [3.8, 4) is 5.69 Å². The lowest BCUT2D eigenvalue weighted by Crippen LogP contribution is -2.33. The quantitative estimate of drug-likeness (QED) is 0.570. The lowest BCUT2D eigenvalue weighted by atomic mass is 10.1. The monoisotopic (exact) mass is 345 g/mol. The number of amides is 1. The van der Waals surface area contributed by atoms with E-state index in [9.17, 15) is 4.79 Å². The molecule has 1 amide bonds. The molecule has 0 radical (unpaired) electrons. The van der Waals surface area contributed by atoms with Crippen LogP contribution < -0.4 is 0 Å². The van der Waals surface area contributed by atoms with Gasteiger partial charge in [-0.15, -0.1) is 5.10 Å². The summed E-state index contributed by atoms with van der Waals surface area (Å²) >= 11 is 1.34. The van der Waals surface area contributed by atoms with Crippen LogP contribution in [-0.2, 0) is 4.79 Å². The lowest BCUT2D eigenvalue weighted by Gasteiger charge is -2.20. The molecule has 2 aromatic rings. The molecule has 0 unspecified atom stereocenters. The van der Waals surface area contributed by atoms with E-state index in [1.54, 1.807) is 9.58 Å². The van der Waals surface area contributed by atoms with Gasteiger partial charge in [0.2, 0.25) is 11.1 Å². The topological polar surface area (TPSA) is 63.9 Å². The van der Waals surface area contributed by atoms with Crippen LogP contribution >= 0.6 is 11.8 Å². The Labute approximate surface area is 146 Å².